The minimum absolute atomic E-state index is 0.0310. The van der Waals surface area contributed by atoms with Gasteiger partial charge in [0.25, 0.3) is 0 Å². The first-order valence-corrected chi connectivity index (χ1v) is 8.78. The van der Waals surface area contributed by atoms with Crippen LogP contribution >= 0.6 is 0 Å². The van der Waals surface area contributed by atoms with Gasteiger partial charge >= 0.3 is 12.0 Å². The van der Waals surface area contributed by atoms with E-state index in [9.17, 15) is 9.59 Å². The van der Waals surface area contributed by atoms with Gasteiger partial charge in [-0.3, -0.25) is 0 Å². The maximum absolute atomic E-state index is 12.6. The first-order valence-electron chi connectivity index (χ1n) is 8.78. The lowest BCUT2D eigenvalue weighted by Crippen LogP contribution is -2.47. The maximum Gasteiger partial charge on any atom is 0.338 e. The molecule has 0 radical (unpaired) electrons. The highest BCUT2D eigenvalue weighted by Crippen LogP contribution is 2.28. The highest BCUT2D eigenvalue weighted by atomic mass is 16.5. The predicted molar refractivity (Wildman–Crippen MR) is 101 cm³/mol. The van der Waals surface area contributed by atoms with Gasteiger partial charge in [0.15, 0.2) is 0 Å². The summed E-state index contributed by atoms with van der Waals surface area (Å²) in [6.07, 6.45) is 0. The molecule has 7 nitrogen and oxygen atoms in total. The van der Waals surface area contributed by atoms with Crippen molar-refractivity contribution in [3.05, 3.63) is 77.0 Å². The second-order valence-corrected chi connectivity index (χ2v) is 5.98. The number of rotatable bonds is 6. The fourth-order valence-electron chi connectivity index (χ4n) is 2.86. The number of nitrogens with one attached hydrogen (secondary N) is 2. The Bertz CT molecular complexity index is 930. The first-order chi connectivity index (χ1) is 13.6. The summed E-state index contributed by atoms with van der Waals surface area (Å²) in [5.74, 6) is -0.0129. The van der Waals surface area contributed by atoms with Gasteiger partial charge in [-0.05, 0) is 36.8 Å². The highest BCUT2D eigenvalue weighted by Gasteiger charge is 2.33. The zero-order chi connectivity index (χ0) is 19.9. The van der Waals surface area contributed by atoms with Crippen LogP contribution in [0, 0.1) is 11.3 Å². The van der Waals surface area contributed by atoms with E-state index in [-0.39, 0.29) is 13.2 Å². The van der Waals surface area contributed by atoms with Crippen molar-refractivity contribution in [3.63, 3.8) is 0 Å². The van der Waals surface area contributed by atoms with Crippen LogP contribution < -0.4 is 15.4 Å². The molecule has 2 aromatic carbocycles. The van der Waals surface area contributed by atoms with Gasteiger partial charge in [-0.15, -0.1) is 0 Å². The van der Waals surface area contributed by atoms with Crippen LogP contribution in [0.3, 0.4) is 0 Å². The van der Waals surface area contributed by atoms with Gasteiger partial charge in [0.2, 0.25) is 0 Å². The molecular formula is C21H19N3O4. The minimum atomic E-state index is -0.645. The van der Waals surface area contributed by atoms with Crippen LogP contribution in [0.1, 0.15) is 24.1 Å². The average molecular weight is 377 g/mol. The minimum Gasteiger partial charge on any atom is -0.487 e. The average Bonchev–Trinajstić information content (AvgIpc) is 2.73. The number of amides is 2. The van der Waals surface area contributed by atoms with Crippen LogP contribution in [0.15, 0.2) is 65.9 Å². The Balaban J connectivity index is 1.92. The zero-order valence-corrected chi connectivity index (χ0v) is 15.3. The molecule has 1 aliphatic heterocycles. The number of carbonyl (C=O) groups is 2. The zero-order valence-electron chi connectivity index (χ0n) is 15.3. The van der Waals surface area contributed by atoms with E-state index in [4.69, 9.17) is 14.7 Å². The summed E-state index contributed by atoms with van der Waals surface area (Å²) in [6, 6.07) is 16.7. The number of nitrogens with zero attached hydrogens (tertiary/aromatic N) is 1. The quantitative estimate of drug-likeness (QED) is 0.754. The third kappa shape index (κ3) is 4.30. The molecule has 1 atom stereocenters. The van der Waals surface area contributed by atoms with Crippen molar-refractivity contribution in [1.82, 2.24) is 10.6 Å². The third-order valence-electron chi connectivity index (χ3n) is 4.15. The summed E-state index contributed by atoms with van der Waals surface area (Å²) in [4.78, 5) is 24.8. The number of esters is 1. The SMILES string of the molecule is CCOC(=O)C1=C(COc2ccc(C#N)cc2)NC(=O)NC1c1ccccc1. The Morgan fingerprint density at radius 2 is 1.86 bits per heavy atom. The van der Waals surface area contributed by atoms with E-state index >= 15 is 0 Å². The molecule has 0 saturated heterocycles. The summed E-state index contributed by atoms with van der Waals surface area (Å²) >= 11 is 0. The van der Waals surface area contributed by atoms with E-state index in [0.717, 1.165) is 5.56 Å². The molecule has 28 heavy (non-hydrogen) atoms. The van der Waals surface area contributed by atoms with E-state index in [1.54, 1.807) is 31.2 Å². The number of benzene rings is 2. The smallest absolute Gasteiger partial charge is 0.338 e. The van der Waals surface area contributed by atoms with Gasteiger partial charge in [-0.2, -0.15) is 5.26 Å². The molecule has 0 aliphatic carbocycles. The lowest BCUT2D eigenvalue weighted by molar-refractivity contribution is -0.139. The van der Waals surface area contributed by atoms with Crippen molar-refractivity contribution in [2.75, 3.05) is 13.2 Å². The van der Waals surface area contributed by atoms with Gasteiger partial charge in [0, 0.05) is 0 Å². The molecule has 2 aromatic rings. The fraction of sp³-hybridized carbons (Fsp3) is 0.190. The monoisotopic (exact) mass is 377 g/mol. The molecule has 0 spiro atoms. The molecule has 1 aliphatic rings. The lowest BCUT2D eigenvalue weighted by Gasteiger charge is -2.29. The predicted octanol–water partition coefficient (Wildman–Crippen LogP) is 2.81. The van der Waals surface area contributed by atoms with Crippen molar-refractivity contribution < 1.29 is 19.1 Å². The standard InChI is InChI=1S/C21H19N3O4/c1-2-27-20(25)18-17(13-28-16-10-8-14(12-22)9-11-16)23-21(26)24-19(18)15-6-4-3-5-7-15/h3-11,19H,2,13H2,1H3,(H2,23,24,26). The van der Waals surface area contributed by atoms with Crippen LogP contribution in [0.4, 0.5) is 4.79 Å². The number of hydrogen-bond acceptors (Lipinski definition) is 5. The van der Waals surface area contributed by atoms with Gasteiger partial charge in [0.05, 0.1) is 35.6 Å². The van der Waals surface area contributed by atoms with Gasteiger partial charge < -0.3 is 20.1 Å². The number of carbonyl (C=O) groups excluding carboxylic acids is 2. The molecule has 1 heterocycles. The molecule has 0 fully saturated rings. The third-order valence-corrected chi connectivity index (χ3v) is 4.15. The van der Waals surface area contributed by atoms with Crippen LogP contribution in [-0.2, 0) is 9.53 Å². The molecule has 7 heteroatoms. The highest BCUT2D eigenvalue weighted by molar-refractivity contribution is 5.95. The van der Waals surface area contributed by atoms with E-state index < -0.39 is 18.0 Å². The Morgan fingerprint density at radius 1 is 1.14 bits per heavy atom. The molecule has 0 saturated carbocycles. The molecule has 1 unspecified atom stereocenters. The van der Waals surface area contributed by atoms with E-state index in [0.29, 0.717) is 22.6 Å². The fourth-order valence-corrected chi connectivity index (χ4v) is 2.86. The Hall–Kier alpha value is -3.79. The molecule has 142 valence electrons. The van der Waals surface area contributed by atoms with Crippen molar-refractivity contribution in [2.24, 2.45) is 0 Å². The Morgan fingerprint density at radius 3 is 2.50 bits per heavy atom. The number of urea groups is 1. The van der Waals surface area contributed by atoms with Crippen LogP contribution in [0.2, 0.25) is 0 Å². The van der Waals surface area contributed by atoms with Gasteiger partial charge in [-0.25, -0.2) is 9.59 Å². The van der Waals surface area contributed by atoms with E-state index in [2.05, 4.69) is 10.6 Å². The van der Waals surface area contributed by atoms with Crippen molar-refractivity contribution in [1.29, 1.82) is 5.26 Å². The lowest BCUT2D eigenvalue weighted by atomic mass is 9.95. The second kappa shape index (κ2) is 8.73. The Kier molecular flexibility index (Phi) is 5.92. The number of hydrogen-bond donors (Lipinski definition) is 2. The maximum atomic E-state index is 12.6. The summed E-state index contributed by atoms with van der Waals surface area (Å²) in [7, 11) is 0. The van der Waals surface area contributed by atoms with Crippen molar-refractivity contribution in [2.45, 2.75) is 13.0 Å². The number of ether oxygens (including phenoxy) is 2. The topological polar surface area (TPSA) is 100 Å². The van der Waals surface area contributed by atoms with Gasteiger partial charge in [-0.1, -0.05) is 30.3 Å². The van der Waals surface area contributed by atoms with Crippen LogP contribution in [0.5, 0.6) is 5.75 Å². The molecule has 3 rings (SSSR count). The Labute approximate surface area is 162 Å². The molecular weight excluding hydrogens is 358 g/mol. The van der Waals surface area contributed by atoms with E-state index in [1.165, 1.54) is 0 Å². The normalized spacial score (nSPS) is 15.9. The van der Waals surface area contributed by atoms with Gasteiger partial charge in [0.1, 0.15) is 12.4 Å². The second-order valence-electron chi connectivity index (χ2n) is 5.98. The molecule has 0 aromatic heterocycles. The summed E-state index contributed by atoms with van der Waals surface area (Å²) in [6.45, 7) is 1.90. The number of nitriles is 1. The van der Waals surface area contributed by atoms with Crippen LogP contribution in [0.25, 0.3) is 0 Å². The summed E-state index contributed by atoms with van der Waals surface area (Å²) < 4.78 is 10.9. The molecule has 0 bridgehead atoms. The summed E-state index contributed by atoms with van der Waals surface area (Å²) in [5, 5.41) is 14.3. The largest absolute Gasteiger partial charge is 0.487 e. The van der Waals surface area contributed by atoms with E-state index in [1.807, 2.05) is 36.4 Å². The van der Waals surface area contributed by atoms with Crippen molar-refractivity contribution in [3.8, 4) is 11.8 Å². The summed E-state index contributed by atoms with van der Waals surface area (Å²) in [5.41, 5.74) is 1.90. The van der Waals surface area contributed by atoms with Crippen molar-refractivity contribution >= 4 is 12.0 Å². The first kappa shape index (κ1) is 19.0. The van der Waals surface area contributed by atoms with Crippen LogP contribution in [-0.4, -0.2) is 25.2 Å². The molecule has 2 amide bonds. The molecule has 2 N–H and O–H groups in total.